The molecule has 0 aliphatic heterocycles. The fourth-order valence-electron chi connectivity index (χ4n) is 0.755. The smallest absolute Gasteiger partial charge is 0.101 e. The van der Waals surface area contributed by atoms with Crippen molar-refractivity contribution in [2.24, 2.45) is 0 Å². The normalized spacial score (nSPS) is 11.1. The molecule has 0 atom stereocenters. The van der Waals surface area contributed by atoms with Crippen LogP contribution in [-0.4, -0.2) is 12.7 Å². The van der Waals surface area contributed by atoms with Gasteiger partial charge in [-0.25, -0.2) is 0 Å². The summed E-state index contributed by atoms with van der Waals surface area (Å²) in [4.78, 5) is 5.05. The highest BCUT2D eigenvalue weighted by atomic mass is 16.7. The van der Waals surface area contributed by atoms with Gasteiger partial charge in [-0.3, -0.25) is 10.3 Å². The van der Waals surface area contributed by atoms with E-state index in [1.54, 1.807) is 12.5 Å². The summed E-state index contributed by atoms with van der Waals surface area (Å²) in [5.41, 5.74) is 2.67. The van der Waals surface area contributed by atoms with Crippen LogP contribution in [0, 0.1) is 0 Å². The van der Waals surface area contributed by atoms with Crippen LogP contribution in [0.2, 0.25) is 0 Å². The number of hydrogen-bond acceptors (Lipinski definition) is 3. The van der Waals surface area contributed by atoms with E-state index >= 15 is 0 Å². The minimum atomic E-state index is 0.185. The number of unbranched alkanes of at least 4 members (excludes halogenated alkanes) is 2. The van der Waals surface area contributed by atoms with Crippen LogP contribution in [0.3, 0.4) is 0 Å². The molecule has 0 spiro atoms. The number of hydrogen-bond donors (Lipinski definition) is 1. The lowest BCUT2D eigenvalue weighted by molar-refractivity contribution is 0.0194. The summed E-state index contributed by atoms with van der Waals surface area (Å²) in [5.74, 6) is 0. The maximum absolute atomic E-state index is 5.19. The summed E-state index contributed by atoms with van der Waals surface area (Å²) >= 11 is 0. The van der Waals surface area contributed by atoms with Crippen molar-refractivity contribution < 1.29 is 9.57 Å². The lowest BCUT2D eigenvalue weighted by Crippen LogP contribution is -2.13. The summed E-state index contributed by atoms with van der Waals surface area (Å²) in [6, 6.07) is 0. The first-order chi connectivity index (χ1) is 6.27. The van der Waals surface area contributed by atoms with Gasteiger partial charge in [0, 0.05) is 0 Å². The van der Waals surface area contributed by atoms with E-state index < -0.39 is 0 Å². The van der Waals surface area contributed by atoms with E-state index in [1.807, 2.05) is 13.8 Å². The lowest BCUT2D eigenvalue weighted by Gasteiger charge is -2.04. The fourth-order valence-corrected chi connectivity index (χ4v) is 0.755. The summed E-state index contributed by atoms with van der Waals surface area (Å²) in [6.45, 7) is 6.88. The molecule has 0 bridgehead atoms. The van der Waals surface area contributed by atoms with E-state index in [2.05, 4.69) is 12.4 Å². The zero-order valence-corrected chi connectivity index (χ0v) is 8.88. The van der Waals surface area contributed by atoms with Gasteiger partial charge >= 0.3 is 0 Å². The van der Waals surface area contributed by atoms with E-state index in [0.29, 0.717) is 0 Å². The van der Waals surface area contributed by atoms with E-state index in [-0.39, 0.29) is 6.10 Å². The molecule has 1 N–H and O–H groups in total. The predicted molar refractivity (Wildman–Crippen MR) is 54.0 cm³/mol. The van der Waals surface area contributed by atoms with Crippen LogP contribution >= 0.6 is 0 Å². The van der Waals surface area contributed by atoms with E-state index in [4.69, 9.17) is 9.57 Å². The van der Waals surface area contributed by atoms with Gasteiger partial charge in [0.15, 0.2) is 0 Å². The summed E-state index contributed by atoms with van der Waals surface area (Å²) < 4.78 is 5.19. The number of hydroxylamine groups is 1. The molecular weight excluding hydrogens is 166 g/mol. The van der Waals surface area contributed by atoms with Gasteiger partial charge in [-0.05, 0) is 20.3 Å². The van der Waals surface area contributed by atoms with Crippen LogP contribution in [0.4, 0.5) is 0 Å². The molecule has 3 nitrogen and oxygen atoms in total. The summed E-state index contributed by atoms with van der Waals surface area (Å²) in [7, 11) is 0. The Balaban J connectivity index is 3.03. The molecule has 0 aliphatic carbocycles. The molecule has 78 valence electrons. The third-order valence-corrected chi connectivity index (χ3v) is 1.40. The maximum atomic E-state index is 5.19. The third kappa shape index (κ3) is 11.3. The highest BCUT2D eigenvalue weighted by molar-refractivity contribution is 4.65. The molecule has 0 saturated carbocycles. The topological polar surface area (TPSA) is 30.5 Å². The summed E-state index contributed by atoms with van der Waals surface area (Å²) in [6.07, 6.45) is 7.03. The first kappa shape index (κ1) is 12.3. The third-order valence-electron chi connectivity index (χ3n) is 1.40. The number of ether oxygens (including phenoxy) is 1. The van der Waals surface area contributed by atoms with Gasteiger partial charge in [-0.2, -0.15) is 0 Å². The minimum Gasteiger partial charge on any atom is -0.500 e. The van der Waals surface area contributed by atoms with Gasteiger partial charge in [0.1, 0.15) is 6.26 Å². The van der Waals surface area contributed by atoms with Crippen molar-refractivity contribution in [3.05, 3.63) is 12.5 Å². The van der Waals surface area contributed by atoms with Crippen molar-refractivity contribution in [1.82, 2.24) is 5.48 Å². The molecule has 0 aromatic carbocycles. The highest BCUT2D eigenvalue weighted by Crippen LogP contribution is 1.93. The van der Waals surface area contributed by atoms with Crippen molar-refractivity contribution in [2.45, 2.75) is 46.1 Å². The molecule has 0 aromatic heterocycles. The Bertz CT molecular complexity index is 124. The van der Waals surface area contributed by atoms with Crippen LogP contribution in [0.25, 0.3) is 0 Å². The van der Waals surface area contributed by atoms with Crippen LogP contribution in [-0.2, 0) is 9.57 Å². The molecule has 0 unspecified atom stereocenters. The average Bonchev–Trinajstić information content (AvgIpc) is 2.09. The Hall–Kier alpha value is -0.700. The molecule has 0 aliphatic rings. The van der Waals surface area contributed by atoms with Crippen LogP contribution in [0.1, 0.15) is 40.0 Å². The molecule has 0 heterocycles. The standard InChI is InChI=1S/C10H21NO2/c1-4-5-6-8-12-9-7-11-13-10(2)3/h7,9-11H,4-6,8H2,1-3H3. The Morgan fingerprint density at radius 3 is 2.69 bits per heavy atom. The largest absolute Gasteiger partial charge is 0.500 e. The molecular formula is C10H21NO2. The average molecular weight is 187 g/mol. The van der Waals surface area contributed by atoms with Crippen molar-refractivity contribution >= 4 is 0 Å². The molecule has 0 fully saturated rings. The van der Waals surface area contributed by atoms with Crippen molar-refractivity contribution in [3.63, 3.8) is 0 Å². The second-order valence-electron chi connectivity index (χ2n) is 3.17. The van der Waals surface area contributed by atoms with Crippen LogP contribution < -0.4 is 5.48 Å². The SMILES string of the molecule is CCCCCOC=CNOC(C)C. The Labute approximate surface area is 81.1 Å². The zero-order chi connectivity index (χ0) is 9.94. The van der Waals surface area contributed by atoms with E-state index in [0.717, 1.165) is 13.0 Å². The second kappa shape index (κ2) is 9.39. The minimum absolute atomic E-state index is 0.185. The first-order valence-electron chi connectivity index (χ1n) is 4.95. The Kier molecular flexibility index (Phi) is 8.88. The van der Waals surface area contributed by atoms with Gasteiger partial charge in [0.25, 0.3) is 0 Å². The molecule has 0 amide bonds. The van der Waals surface area contributed by atoms with Gasteiger partial charge in [0.2, 0.25) is 0 Å². The predicted octanol–water partition coefficient (Wildman–Crippen LogP) is 2.59. The van der Waals surface area contributed by atoms with Crippen molar-refractivity contribution in [2.75, 3.05) is 6.61 Å². The second-order valence-corrected chi connectivity index (χ2v) is 3.17. The molecule has 0 aromatic rings. The first-order valence-corrected chi connectivity index (χ1v) is 4.95. The molecule has 0 saturated heterocycles. The number of nitrogens with one attached hydrogen (secondary N) is 1. The monoisotopic (exact) mass is 187 g/mol. The number of rotatable bonds is 8. The van der Waals surface area contributed by atoms with Crippen molar-refractivity contribution in [1.29, 1.82) is 0 Å². The molecule has 13 heavy (non-hydrogen) atoms. The Morgan fingerprint density at radius 2 is 2.08 bits per heavy atom. The molecule has 0 radical (unpaired) electrons. The summed E-state index contributed by atoms with van der Waals surface area (Å²) in [5, 5.41) is 0. The van der Waals surface area contributed by atoms with E-state index in [9.17, 15) is 0 Å². The van der Waals surface area contributed by atoms with Gasteiger partial charge in [-0.1, -0.05) is 19.8 Å². The Morgan fingerprint density at radius 1 is 1.31 bits per heavy atom. The van der Waals surface area contributed by atoms with Crippen LogP contribution in [0.5, 0.6) is 0 Å². The van der Waals surface area contributed by atoms with Crippen LogP contribution in [0.15, 0.2) is 12.5 Å². The highest BCUT2D eigenvalue weighted by Gasteiger charge is 1.87. The quantitative estimate of drug-likeness (QED) is 0.360. The fraction of sp³-hybridized carbons (Fsp3) is 0.800. The zero-order valence-electron chi connectivity index (χ0n) is 8.88. The van der Waals surface area contributed by atoms with Gasteiger partial charge in [0.05, 0.1) is 18.9 Å². The maximum Gasteiger partial charge on any atom is 0.101 e. The molecule has 0 rings (SSSR count). The lowest BCUT2D eigenvalue weighted by atomic mass is 10.3. The van der Waals surface area contributed by atoms with Gasteiger partial charge < -0.3 is 4.74 Å². The van der Waals surface area contributed by atoms with Crippen molar-refractivity contribution in [3.8, 4) is 0 Å². The van der Waals surface area contributed by atoms with E-state index in [1.165, 1.54) is 12.8 Å². The molecule has 3 heteroatoms. The van der Waals surface area contributed by atoms with Gasteiger partial charge in [-0.15, -0.1) is 0 Å².